The van der Waals surface area contributed by atoms with Crippen LogP contribution < -0.4 is 5.56 Å². The van der Waals surface area contributed by atoms with Crippen LogP contribution in [0.25, 0.3) is 45.0 Å². The molecule has 0 unspecified atom stereocenters. The van der Waals surface area contributed by atoms with Gasteiger partial charge in [-0.15, -0.1) is 5.10 Å². The largest absolute Gasteiger partial charge is 0.271 e. The molecule has 6 heteroatoms. The number of para-hydroxylation sites is 1. The molecule has 1 aliphatic carbocycles. The van der Waals surface area contributed by atoms with E-state index < -0.39 is 0 Å². The Morgan fingerprint density at radius 1 is 0.765 bits per heavy atom. The second-order valence-corrected chi connectivity index (χ2v) is 8.50. The van der Waals surface area contributed by atoms with E-state index in [4.69, 9.17) is 10.1 Å². The van der Waals surface area contributed by atoms with Crippen LogP contribution in [-0.4, -0.2) is 24.1 Å². The molecule has 6 aromatic rings. The summed E-state index contributed by atoms with van der Waals surface area (Å²) in [5.41, 5.74) is 6.34. The summed E-state index contributed by atoms with van der Waals surface area (Å²) in [5, 5.41) is 5.41. The third kappa shape index (κ3) is 2.69. The zero-order valence-electron chi connectivity index (χ0n) is 18.2. The van der Waals surface area contributed by atoms with Crippen LogP contribution in [-0.2, 0) is 12.8 Å². The maximum absolute atomic E-state index is 14.2. The van der Waals surface area contributed by atoms with Crippen LogP contribution in [0.4, 0.5) is 0 Å². The van der Waals surface area contributed by atoms with Gasteiger partial charge in [0.15, 0.2) is 11.5 Å². The van der Waals surface area contributed by atoms with Crippen molar-refractivity contribution in [2.45, 2.75) is 12.8 Å². The van der Waals surface area contributed by atoms with Crippen molar-refractivity contribution in [3.63, 3.8) is 0 Å². The highest BCUT2D eigenvalue weighted by atomic mass is 16.1. The summed E-state index contributed by atoms with van der Waals surface area (Å²) in [6.45, 7) is 0. The molecule has 3 aromatic heterocycles. The van der Waals surface area contributed by atoms with Gasteiger partial charge in [0.25, 0.3) is 5.56 Å². The number of aromatic nitrogens is 5. The first-order valence-corrected chi connectivity index (χ1v) is 11.3. The van der Waals surface area contributed by atoms with Crippen LogP contribution in [0.15, 0.2) is 95.9 Å². The molecule has 0 spiro atoms. The molecule has 0 amide bonds. The van der Waals surface area contributed by atoms with E-state index in [0.717, 1.165) is 40.8 Å². The zero-order valence-corrected chi connectivity index (χ0v) is 18.2. The molecule has 0 N–H and O–H groups in total. The van der Waals surface area contributed by atoms with Crippen molar-refractivity contribution in [2.75, 3.05) is 0 Å². The van der Waals surface area contributed by atoms with Gasteiger partial charge < -0.3 is 0 Å². The van der Waals surface area contributed by atoms with Gasteiger partial charge in [0, 0.05) is 17.3 Å². The van der Waals surface area contributed by atoms with Gasteiger partial charge in [-0.2, -0.15) is 9.67 Å². The van der Waals surface area contributed by atoms with Gasteiger partial charge in [-0.1, -0.05) is 72.8 Å². The normalized spacial score (nSPS) is 12.6. The lowest BCUT2D eigenvalue weighted by atomic mass is 9.85. The molecule has 7 rings (SSSR count). The second-order valence-electron chi connectivity index (χ2n) is 8.50. The standard InChI is InChI=1S/C28H19N5O/c34-27-24-23-20(16-15-18-9-7-8-14-22(18)23)17-29-25(24)30-28-32(27)26(19-10-3-1-4-11-19)31-33(28)21-12-5-2-6-13-21/h1-14,17H,15-16H2. The number of pyridine rings is 1. The van der Waals surface area contributed by atoms with Crippen molar-refractivity contribution in [3.8, 4) is 28.2 Å². The Hall–Kier alpha value is -4.58. The topological polar surface area (TPSA) is 65.1 Å². The second kappa shape index (κ2) is 7.22. The molecule has 0 radical (unpaired) electrons. The number of rotatable bonds is 2. The van der Waals surface area contributed by atoms with Crippen molar-refractivity contribution in [1.29, 1.82) is 0 Å². The fourth-order valence-corrected chi connectivity index (χ4v) is 4.96. The highest BCUT2D eigenvalue weighted by Gasteiger charge is 2.25. The van der Waals surface area contributed by atoms with Gasteiger partial charge >= 0.3 is 0 Å². The zero-order chi connectivity index (χ0) is 22.6. The summed E-state index contributed by atoms with van der Waals surface area (Å²) >= 11 is 0. The molecule has 162 valence electrons. The molecule has 0 fully saturated rings. The lowest BCUT2D eigenvalue weighted by Crippen LogP contribution is -2.19. The minimum Gasteiger partial charge on any atom is -0.268 e. The van der Waals surface area contributed by atoms with Gasteiger partial charge in [-0.05, 0) is 41.7 Å². The van der Waals surface area contributed by atoms with E-state index in [2.05, 4.69) is 17.1 Å². The molecule has 0 aliphatic heterocycles. The van der Waals surface area contributed by atoms with Gasteiger partial charge in [0.05, 0.1) is 11.1 Å². The monoisotopic (exact) mass is 441 g/mol. The van der Waals surface area contributed by atoms with E-state index in [1.165, 1.54) is 5.56 Å². The van der Waals surface area contributed by atoms with E-state index in [9.17, 15) is 4.79 Å². The number of hydrogen-bond donors (Lipinski definition) is 0. The van der Waals surface area contributed by atoms with E-state index in [0.29, 0.717) is 22.6 Å². The average Bonchev–Trinajstić information content (AvgIpc) is 3.29. The molecule has 1 aliphatic rings. The molecule has 3 aromatic carbocycles. The predicted molar refractivity (Wildman–Crippen MR) is 132 cm³/mol. The summed E-state index contributed by atoms with van der Waals surface area (Å²) in [4.78, 5) is 23.8. The van der Waals surface area contributed by atoms with Crippen molar-refractivity contribution in [3.05, 3.63) is 113 Å². The molecule has 6 nitrogen and oxygen atoms in total. The molecule has 0 bridgehead atoms. The van der Waals surface area contributed by atoms with E-state index in [1.807, 2.05) is 79.0 Å². The lowest BCUT2D eigenvalue weighted by Gasteiger charge is -2.20. The van der Waals surface area contributed by atoms with E-state index >= 15 is 0 Å². The Labute approximate surface area is 194 Å². The van der Waals surface area contributed by atoms with Gasteiger partial charge in [0.2, 0.25) is 5.78 Å². The Bertz CT molecular complexity index is 1770. The van der Waals surface area contributed by atoms with Crippen LogP contribution in [0.3, 0.4) is 0 Å². The highest BCUT2D eigenvalue weighted by Crippen LogP contribution is 2.36. The minimum absolute atomic E-state index is 0.151. The van der Waals surface area contributed by atoms with Crippen molar-refractivity contribution >= 4 is 16.8 Å². The first-order chi connectivity index (χ1) is 16.8. The molecule has 34 heavy (non-hydrogen) atoms. The molecule has 0 atom stereocenters. The third-order valence-corrected chi connectivity index (χ3v) is 6.54. The van der Waals surface area contributed by atoms with E-state index in [1.54, 1.807) is 9.08 Å². The fraction of sp³-hybridized carbons (Fsp3) is 0.0714. The first kappa shape index (κ1) is 18.9. The minimum atomic E-state index is -0.151. The van der Waals surface area contributed by atoms with Crippen LogP contribution in [0, 0.1) is 0 Å². The third-order valence-electron chi connectivity index (χ3n) is 6.54. The van der Waals surface area contributed by atoms with Gasteiger partial charge in [-0.25, -0.2) is 9.38 Å². The molecule has 0 saturated carbocycles. The number of nitrogens with zero attached hydrogens (tertiary/aromatic N) is 5. The molecular formula is C28H19N5O. The summed E-state index contributed by atoms with van der Waals surface area (Å²) in [7, 11) is 0. The number of benzene rings is 3. The Morgan fingerprint density at radius 2 is 1.47 bits per heavy atom. The number of hydrogen-bond acceptors (Lipinski definition) is 4. The SMILES string of the molecule is O=c1c2c3c(cnc2nc2n(-c4ccccc4)nc(-c4ccccc4)n12)CCc1ccccc1-3. The van der Waals surface area contributed by atoms with Gasteiger partial charge in [-0.3, -0.25) is 4.79 Å². The molecular weight excluding hydrogens is 422 g/mol. The van der Waals surface area contributed by atoms with Gasteiger partial charge in [0.1, 0.15) is 0 Å². The van der Waals surface area contributed by atoms with Crippen LogP contribution in [0.1, 0.15) is 11.1 Å². The highest BCUT2D eigenvalue weighted by molar-refractivity contribution is 5.96. The van der Waals surface area contributed by atoms with Crippen LogP contribution in [0.2, 0.25) is 0 Å². The summed E-state index contributed by atoms with van der Waals surface area (Å²) in [5.74, 6) is 1.000. The maximum atomic E-state index is 14.2. The maximum Gasteiger partial charge on any atom is 0.271 e. The Morgan fingerprint density at radius 3 is 2.29 bits per heavy atom. The quantitative estimate of drug-likeness (QED) is 0.385. The fourth-order valence-electron chi connectivity index (χ4n) is 4.96. The smallest absolute Gasteiger partial charge is 0.268 e. The lowest BCUT2D eigenvalue weighted by molar-refractivity contribution is 0.899. The van der Waals surface area contributed by atoms with Crippen molar-refractivity contribution in [1.82, 2.24) is 24.1 Å². The first-order valence-electron chi connectivity index (χ1n) is 11.3. The Kier molecular flexibility index (Phi) is 4.02. The van der Waals surface area contributed by atoms with Crippen molar-refractivity contribution < 1.29 is 0 Å². The molecule has 0 saturated heterocycles. The van der Waals surface area contributed by atoms with Crippen molar-refractivity contribution in [2.24, 2.45) is 0 Å². The molecule has 3 heterocycles. The predicted octanol–water partition coefficient (Wildman–Crippen LogP) is 4.86. The van der Waals surface area contributed by atoms with Crippen LogP contribution >= 0.6 is 0 Å². The number of fused-ring (bicyclic) bond motifs is 6. The average molecular weight is 441 g/mol. The Balaban J connectivity index is 1.65. The number of aryl methyl sites for hydroxylation is 2. The summed E-state index contributed by atoms with van der Waals surface area (Å²) in [6, 6.07) is 27.8. The summed E-state index contributed by atoms with van der Waals surface area (Å²) < 4.78 is 3.35. The summed E-state index contributed by atoms with van der Waals surface area (Å²) in [6.07, 6.45) is 3.67. The van der Waals surface area contributed by atoms with E-state index in [-0.39, 0.29) is 5.56 Å². The van der Waals surface area contributed by atoms with Crippen LogP contribution in [0.5, 0.6) is 0 Å².